The Labute approximate surface area is 122 Å². The predicted molar refractivity (Wildman–Crippen MR) is 79.5 cm³/mol. The summed E-state index contributed by atoms with van der Waals surface area (Å²) in [5.74, 6) is -0.133. The zero-order chi connectivity index (χ0) is 15.6. The minimum atomic E-state index is -0.628. The second kappa shape index (κ2) is 5.69. The molecular formula is C14H19N3O4. The third-order valence-corrected chi connectivity index (χ3v) is 3.88. The Hall–Kier alpha value is -2.15. The summed E-state index contributed by atoms with van der Waals surface area (Å²) in [5.41, 5.74) is 0.985. The van der Waals surface area contributed by atoms with E-state index >= 15 is 0 Å². The lowest BCUT2D eigenvalue weighted by atomic mass is 9.97. The average Bonchev–Trinajstić information content (AvgIpc) is 2.46. The van der Waals surface area contributed by atoms with E-state index in [0.29, 0.717) is 30.6 Å². The molecule has 0 fully saturated rings. The first kappa shape index (κ1) is 15.2. The first-order valence-electron chi connectivity index (χ1n) is 6.89. The van der Waals surface area contributed by atoms with Crippen molar-refractivity contribution in [2.24, 2.45) is 0 Å². The van der Waals surface area contributed by atoms with Crippen molar-refractivity contribution in [1.29, 1.82) is 0 Å². The minimum Gasteiger partial charge on any atom is -0.394 e. The molecule has 1 unspecified atom stereocenters. The fourth-order valence-corrected chi connectivity index (χ4v) is 2.23. The molecule has 1 aliphatic heterocycles. The molecule has 21 heavy (non-hydrogen) atoms. The summed E-state index contributed by atoms with van der Waals surface area (Å²) in [4.78, 5) is 22.1. The number of nitro groups is 1. The summed E-state index contributed by atoms with van der Waals surface area (Å²) < 4.78 is 0. The Kier molecular flexibility index (Phi) is 4.13. The summed E-state index contributed by atoms with van der Waals surface area (Å²) in [6, 6.07) is 3.07. The number of carbonyl (C=O) groups excluding carboxylic acids is 1. The quantitative estimate of drug-likeness (QED) is 0.569. The van der Waals surface area contributed by atoms with Crippen LogP contribution in [0.2, 0.25) is 0 Å². The summed E-state index contributed by atoms with van der Waals surface area (Å²) >= 11 is 0. The van der Waals surface area contributed by atoms with Gasteiger partial charge in [0.05, 0.1) is 22.8 Å². The highest BCUT2D eigenvalue weighted by molar-refractivity contribution is 5.95. The standard InChI is InChI=1S/C14H19N3O4/c1-3-14(2,8-18)16-11-6-9-4-5-13(19)15-10(9)7-12(11)17(20)21/h6-7,16,18H,3-5,8H2,1-2H3,(H,15,19). The molecule has 0 bridgehead atoms. The lowest BCUT2D eigenvalue weighted by molar-refractivity contribution is -0.383. The number of rotatable bonds is 5. The zero-order valence-corrected chi connectivity index (χ0v) is 12.1. The Morgan fingerprint density at radius 2 is 2.19 bits per heavy atom. The van der Waals surface area contributed by atoms with Crippen LogP contribution in [0.3, 0.4) is 0 Å². The first-order chi connectivity index (χ1) is 9.88. The lowest BCUT2D eigenvalue weighted by Crippen LogP contribution is -2.38. The van der Waals surface area contributed by atoms with Crippen LogP contribution in [0.5, 0.6) is 0 Å². The monoisotopic (exact) mass is 293 g/mol. The third-order valence-electron chi connectivity index (χ3n) is 3.88. The van der Waals surface area contributed by atoms with Gasteiger partial charge in [-0.25, -0.2) is 0 Å². The van der Waals surface area contributed by atoms with E-state index < -0.39 is 10.5 Å². The van der Waals surface area contributed by atoms with Crippen molar-refractivity contribution in [3.8, 4) is 0 Å². The van der Waals surface area contributed by atoms with E-state index in [1.165, 1.54) is 6.07 Å². The van der Waals surface area contributed by atoms with E-state index in [0.717, 1.165) is 5.56 Å². The topological polar surface area (TPSA) is 104 Å². The van der Waals surface area contributed by atoms with Crippen molar-refractivity contribution in [3.63, 3.8) is 0 Å². The van der Waals surface area contributed by atoms with Gasteiger partial charge in [0.2, 0.25) is 5.91 Å². The number of aliphatic hydroxyl groups excluding tert-OH is 1. The van der Waals surface area contributed by atoms with Crippen LogP contribution >= 0.6 is 0 Å². The van der Waals surface area contributed by atoms with Crippen molar-refractivity contribution in [1.82, 2.24) is 0 Å². The minimum absolute atomic E-state index is 0.107. The fraction of sp³-hybridized carbons (Fsp3) is 0.500. The van der Waals surface area contributed by atoms with Crippen molar-refractivity contribution < 1.29 is 14.8 Å². The molecule has 2 rings (SSSR count). The molecule has 0 radical (unpaired) electrons. The predicted octanol–water partition coefficient (Wildman–Crippen LogP) is 2.05. The summed E-state index contributed by atoms with van der Waals surface area (Å²) in [6.45, 7) is 3.57. The molecule has 1 amide bonds. The number of aliphatic hydroxyl groups is 1. The molecule has 0 spiro atoms. The molecule has 3 N–H and O–H groups in total. The van der Waals surface area contributed by atoms with Gasteiger partial charge in [-0.2, -0.15) is 0 Å². The average molecular weight is 293 g/mol. The molecule has 0 saturated carbocycles. The molecule has 0 aromatic heterocycles. The Bertz CT molecular complexity index is 582. The van der Waals surface area contributed by atoms with Crippen LogP contribution in [0.4, 0.5) is 17.1 Å². The molecule has 0 saturated heterocycles. The molecular weight excluding hydrogens is 274 g/mol. The second-order valence-corrected chi connectivity index (χ2v) is 5.53. The number of nitro benzene ring substituents is 1. The van der Waals surface area contributed by atoms with E-state index in [-0.39, 0.29) is 18.2 Å². The van der Waals surface area contributed by atoms with E-state index in [4.69, 9.17) is 0 Å². The number of anilines is 2. The highest BCUT2D eigenvalue weighted by Crippen LogP contribution is 2.35. The third kappa shape index (κ3) is 3.13. The van der Waals surface area contributed by atoms with Gasteiger partial charge in [-0.05, 0) is 31.4 Å². The van der Waals surface area contributed by atoms with Gasteiger partial charge in [0.25, 0.3) is 5.69 Å². The van der Waals surface area contributed by atoms with Crippen LogP contribution < -0.4 is 10.6 Å². The van der Waals surface area contributed by atoms with Gasteiger partial charge < -0.3 is 15.7 Å². The molecule has 1 aromatic carbocycles. The summed E-state index contributed by atoms with van der Waals surface area (Å²) in [6.07, 6.45) is 1.54. The van der Waals surface area contributed by atoms with Gasteiger partial charge in [0.1, 0.15) is 5.69 Å². The Balaban J connectivity index is 2.45. The van der Waals surface area contributed by atoms with Crippen molar-refractivity contribution >= 4 is 23.0 Å². The Morgan fingerprint density at radius 3 is 2.76 bits per heavy atom. The number of aryl methyl sites for hydroxylation is 1. The van der Waals surface area contributed by atoms with Crippen molar-refractivity contribution in [2.75, 3.05) is 17.2 Å². The van der Waals surface area contributed by atoms with Crippen molar-refractivity contribution in [3.05, 3.63) is 27.8 Å². The first-order valence-corrected chi connectivity index (χ1v) is 6.89. The molecule has 7 nitrogen and oxygen atoms in total. The summed E-state index contributed by atoms with van der Waals surface area (Å²) in [5, 5.41) is 26.4. The van der Waals surface area contributed by atoms with Gasteiger partial charge in [-0.3, -0.25) is 14.9 Å². The number of nitrogens with one attached hydrogen (secondary N) is 2. The van der Waals surface area contributed by atoms with E-state index in [1.54, 1.807) is 13.0 Å². The highest BCUT2D eigenvalue weighted by atomic mass is 16.6. The van der Waals surface area contributed by atoms with Crippen LogP contribution in [0, 0.1) is 10.1 Å². The number of benzene rings is 1. The van der Waals surface area contributed by atoms with Crippen LogP contribution in [0.15, 0.2) is 12.1 Å². The fourth-order valence-electron chi connectivity index (χ4n) is 2.23. The number of hydrogen-bond donors (Lipinski definition) is 3. The second-order valence-electron chi connectivity index (χ2n) is 5.53. The largest absolute Gasteiger partial charge is 0.394 e. The van der Waals surface area contributed by atoms with Crippen molar-refractivity contribution in [2.45, 2.75) is 38.6 Å². The molecule has 1 aromatic rings. The van der Waals surface area contributed by atoms with Crippen LogP contribution in [0.25, 0.3) is 0 Å². The molecule has 0 aliphatic carbocycles. The molecule has 1 aliphatic rings. The molecule has 7 heteroatoms. The van der Waals surface area contributed by atoms with Gasteiger partial charge >= 0.3 is 0 Å². The van der Waals surface area contributed by atoms with Crippen LogP contribution in [-0.4, -0.2) is 28.1 Å². The number of nitrogens with zero attached hydrogens (tertiary/aromatic N) is 1. The molecule has 1 heterocycles. The van der Waals surface area contributed by atoms with E-state index in [2.05, 4.69) is 10.6 Å². The number of amides is 1. The zero-order valence-electron chi connectivity index (χ0n) is 12.1. The van der Waals surface area contributed by atoms with Gasteiger partial charge in [-0.15, -0.1) is 0 Å². The molecule has 114 valence electrons. The van der Waals surface area contributed by atoms with Gasteiger partial charge in [-0.1, -0.05) is 6.92 Å². The number of carbonyl (C=O) groups is 1. The van der Waals surface area contributed by atoms with E-state index in [1.807, 2.05) is 6.92 Å². The maximum Gasteiger partial charge on any atom is 0.294 e. The summed E-state index contributed by atoms with van der Waals surface area (Å²) in [7, 11) is 0. The van der Waals surface area contributed by atoms with Crippen LogP contribution in [0.1, 0.15) is 32.3 Å². The number of hydrogen-bond acceptors (Lipinski definition) is 5. The lowest BCUT2D eigenvalue weighted by Gasteiger charge is -2.29. The molecule has 1 atom stereocenters. The highest BCUT2D eigenvalue weighted by Gasteiger charge is 2.27. The normalized spacial score (nSPS) is 16.6. The van der Waals surface area contributed by atoms with Gasteiger partial charge in [0, 0.05) is 12.5 Å². The van der Waals surface area contributed by atoms with Crippen LogP contribution in [-0.2, 0) is 11.2 Å². The SMILES string of the molecule is CCC(C)(CO)Nc1cc2c(cc1[N+](=O)[O-])NC(=O)CC2. The van der Waals surface area contributed by atoms with Gasteiger partial charge in [0.15, 0.2) is 0 Å². The number of fused-ring (bicyclic) bond motifs is 1. The van der Waals surface area contributed by atoms with E-state index in [9.17, 15) is 20.0 Å². The maximum atomic E-state index is 11.4. The smallest absolute Gasteiger partial charge is 0.294 e. The Morgan fingerprint density at radius 1 is 1.48 bits per heavy atom. The maximum absolute atomic E-state index is 11.4.